The summed E-state index contributed by atoms with van der Waals surface area (Å²) in [5, 5.41) is -0.463. The molecule has 8 heteroatoms. The fourth-order valence-electron chi connectivity index (χ4n) is 1.67. The van der Waals surface area contributed by atoms with Gasteiger partial charge >= 0.3 is 0 Å². The number of hydrogen-bond donors (Lipinski definition) is 1. The molecule has 0 unspecified atom stereocenters. The smallest absolute Gasteiger partial charge is 0.213 e. The Morgan fingerprint density at radius 3 is 1.94 bits per heavy atom. The summed E-state index contributed by atoms with van der Waals surface area (Å²) >= 11 is 0. The summed E-state index contributed by atoms with van der Waals surface area (Å²) < 4.78 is 49.8. The van der Waals surface area contributed by atoms with Crippen molar-refractivity contribution in [2.45, 2.75) is 38.0 Å². The zero-order valence-corrected chi connectivity index (χ0v) is 12.0. The van der Waals surface area contributed by atoms with E-state index in [2.05, 4.69) is 4.72 Å². The van der Waals surface area contributed by atoms with E-state index in [1.165, 1.54) is 10.6 Å². The van der Waals surface area contributed by atoms with Crippen LogP contribution in [0.25, 0.3) is 0 Å². The van der Waals surface area contributed by atoms with Crippen LogP contribution in [-0.2, 0) is 20.0 Å². The van der Waals surface area contributed by atoms with Gasteiger partial charge in [0.25, 0.3) is 0 Å². The molecule has 0 aliphatic carbocycles. The quantitative estimate of drug-likeness (QED) is 0.771. The van der Waals surface area contributed by atoms with Crippen LogP contribution in [0.2, 0.25) is 0 Å². The first-order valence-corrected chi connectivity index (χ1v) is 8.98. The molecule has 0 amide bonds. The van der Waals surface area contributed by atoms with Crippen LogP contribution in [0.3, 0.4) is 0 Å². The lowest BCUT2D eigenvalue weighted by Crippen LogP contribution is -2.47. The molecule has 1 aliphatic rings. The van der Waals surface area contributed by atoms with Crippen LogP contribution in [-0.4, -0.2) is 51.8 Å². The first kappa shape index (κ1) is 14.9. The van der Waals surface area contributed by atoms with Crippen LogP contribution in [0.1, 0.15) is 26.7 Å². The topological polar surface area (TPSA) is 83.6 Å². The zero-order chi connectivity index (χ0) is 13.3. The van der Waals surface area contributed by atoms with Gasteiger partial charge in [-0.2, -0.15) is 0 Å². The molecule has 1 aliphatic heterocycles. The molecule has 1 N–H and O–H groups in total. The Hall–Kier alpha value is -0.180. The van der Waals surface area contributed by atoms with Gasteiger partial charge in [0, 0.05) is 19.1 Å². The molecule has 102 valence electrons. The van der Waals surface area contributed by atoms with E-state index in [0.717, 1.165) is 0 Å². The highest BCUT2D eigenvalue weighted by atomic mass is 32.2. The van der Waals surface area contributed by atoms with Gasteiger partial charge in [0.05, 0.1) is 11.5 Å². The molecular weight excluding hydrogens is 264 g/mol. The maximum absolute atomic E-state index is 11.6. The molecule has 1 rings (SSSR count). The van der Waals surface area contributed by atoms with Gasteiger partial charge in [0.2, 0.25) is 20.0 Å². The van der Waals surface area contributed by atoms with Gasteiger partial charge in [-0.3, -0.25) is 0 Å². The Labute approximate surface area is 103 Å². The number of rotatable bonds is 4. The minimum Gasteiger partial charge on any atom is -0.213 e. The van der Waals surface area contributed by atoms with E-state index in [4.69, 9.17) is 0 Å². The summed E-state index contributed by atoms with van der Waals surface area (Å²) in [6.07, 6.45) is 2.23. The second-order valence-electron chi connectivity index (χ2n) is 4.65. The standard InChI is InChI=1S/C9H20N2O4S2/c1-8(2)17(14,15)10-9-4-6-11(7-5-9)16(3,12)13/h8-10H,4-7H2,1-3H3. The third kappa shape index (κ3) is 4.20. The minimum atomic E-state index is -3.27. The number of piperidine rings is 1. The molecule has 0 radical (unpaired) electrons. The van der Waals surface area contributed by atoms with Crippen LogP contribution in [0.4, 0.5) is 0 Å². The van der Waals surface area contributed by atoms with E-state index < -0.39 is 25.3 Å². The lowest BCUT2D eigenvalue weighted by Gasteiger charge is -2.30. The third-order valence-electron chi connectivity index (χ3n) is 2.87. The summed E-state index contributed by atoms with van der Waals surface area (Å²) in [7, 11) is -6.42. The predicted molar refractivity (Wildman–Crippen MR) is 66.6 cm³/mol. The Balaban J connectivity index is 2.55. The molecular formula is C9H20N2O4S2. The van der Waals surface area contributed by atoms with Crippen molar-refractivity contribution in [3.05, 3.63) is 0 Å². The van der Waals surface area contributed by atoms with Crippen molar-refractivity contribution >= 4 is 20.0 Å². The number of hydrogen-bond acceptors (Lipinski definition) is 4. The minimum absolute atomic E-state index is 0.152. The van der Waals surface area contributed by atoms with E-state index in [1.807, 2.05) is 0 Å². The SMILES string of the molecule is CC(C)S(=O)(=O)NC1CCN(S(C)(=O)=O)CC1. The summed E-state index contributed by atoms with van der Waals surface area (Å²) in [5.74, 6) is 0. The monoisotopic (exact) mass is 284 g/mol. The molecule has 1 heterocycles. The number of nitrogens with zero attached hydrogens (tertiary/aromatic N) is 1. The third-order valence-corrected chi connectivity index (χ3v) is 6.08. The molecule has 0 aromatic rings. The first-order chi connectivity index (χ1) is 7.63. The summed E-state index contributed by atoms with van der Waals surface area (Å²) in [6, 6.07) is -0.152. The van der Waals surface area contributed by atoms with Gasteiger partial charge in [-0.1, -0.05) is 0 Å². The normalized spacial score (nSPS) is 20.9. The number of nitrogens with one attached hydrogen (secondary N) is 1. The van der Waals surface area contributed by atoms with E-state index in [1.54, 1.807) is 13.8 Å². The Bertz CT molecular complexity index is 447. The maximum atomic E-state index is 11.6. The highest BCUT2D eigenvalue weighted by Gasteiger charge is 2.28. The fourth-order valence-corrected chi connectivity index (χ4v) is 3.52. The summed E-state index contributed by atoms with van der Waals surface area (Å²) in [4.78, 5) is 0. The van der Waals surface area contributed by atoms with Gasteiger partial charge in [-0.05, 0) is 26.7 Å². The van der Waals surface area contributed by atoms with E-state index in [0.29, 0.717) is 25.9 Å². The lowest BCUT2D eigenvalue weighted by molar-refractivity contribution is 0.310. The van der Waals surface area contributed by atoms with Crippen molar-refractivity contribution in [3.8, 4) is 0 Å². The zero-order valence-electron chi connectivity index (χ0n) is 10.4. The Morgan fingerprint density at radius 2 is 1.59 bits per heavy atom. The largest absolute Gasteiger partial charge is 0.214 e. The van der Waals surface area contributed by atoms with Crippen molar-refractivity contribution in [1.82, 2.24) is 9.03 Å². The van der Waals surface area contributed by atoms with Gasteiger partial charge < -0.3 is 0 Å². The van der Waals surface area contributed by atoms with E-state index in [9.17, 15) is 16.8 Å². The van der Waals surface area contributed by atoms with Crippen molar-refractivity contribution in [2.24, 2.45) is 0 Å². The summed E-state index contributed by atoms with van der Waals surface area (Å²) in [5.41, 5.74) is 0. The van der Waals surface area contributed by atoms with Gasteiger partial charge in [0.1, 0.15) is 0 Å². The Morgan fingerprint density at radius 1 is 1.12 bits per heavy atom. The maximum Gasteiger partial charge on any atom is 0.214 e. The second kappa shape index (κ2) is 5.21. The van der Waals surface area contributed by atoms with Crippen LogP contribution in [0.5, 0.6) is 0 Å². The number of sulfonamides is 2. The van der Waals surface area contributed by atoms with Crippen LogP contribution in [0, 0.1) is 0 Å². The molecule has 1 fully saturated rings. The van der Waals surface area contributed by atoms with Crippen molar-refractivity contribution in [2.75, 3.05) is 19.3 Å². The summed E-state index contributed by atoms with van der Waals surface area (Å²) in [6.45, 7) is 4.00. The van der Waals surface area contributed by atoms with E-state index in [-0.39, 0.29) is 6.04 Å². The van der Waals surface area contributed by atoms with Gasteiger partial charge in [0.15, 0.2) is 0 Å². The highest BCUT2D eigenvalue weighted by Crippen LogP contribution is 2.14. The highest BCUT2D eigenvalue weighted by molar-refractivity contribution is 7.90. The molecule has 6 nitrogen and oxygen atoms in total. The van der Waals surface area contributed by atoms with Gasteiger partial charge in [-0.25, -0.2) is 25.9 Å². The fraction of sp³-hybridized carbons (Fsp3) is 1.00. The predicted octanol–water partition coefficient (Wildman–Crippen LogP) is -0.262. The molecule has 0 atom stereocenters. The molecule has 0 aromatic carbocycles. The van der Waals surface area contributed by atoms with Crippen molar-refractivity contribution in [3.63, 3.8) is 0 Å². The molecule has 0 aromatic heterocycles. The average Bonchev–Trinajstić information content (AvgIpc) is 2.16. The van der Waals surface area contributed by atoms with Crippen LogP contribution >= 0.6 is 0 Å². The van der Waals surface area contributed by atoms with Crippen LogP contribution in [0.15, 0.2) is 0 Å². The van der Waals surface area contributed by atoms with Gasteiger partial charge in [-0.15, -0.1) is 0 Å². The molecule has 0 saturated carbocycles. The molecule has 0 bridgehead atoms. The molecule has 17 heavy (non-hydrogen) atoms. The van der Waals surface area contributed by atoms with E-state index >= 15 is 0 Å². The molecule has 1 saturated heterocycles. The van der Waals surface area contributed by atoms with Crippen molar-refractivity contribution in [1.29, 1.82) is 0 Å². The average molecular weight is 284 g/mol. The molecule has 0 spiro atoms. The first-order valence-electron chi connectivity index (χ1n) is 5.59. The van der Waals surface area contributed by atoms with Crippen LogP contribution < -0.4 is 4.72 Å². The lowest BCUT2D eigenvalue weighted by atomic mass is 10.1. The second-order valence-corrected chi connectivity index (χ2v) is 8.90. The van der Waals surface area contributed by atoms with Crippen molar-refractivity contribution < 1.29 is 16.8 Å². The Kier molecular flexibility index (Phi) is 4.56.